The highest BCUT2D eigenvalue weighted by molar-refractivity contribution is 5.95. The summed E-state index contributed by atoms with van der Waals surface area (Å²) >= 11 is 0. The average Bonchev–Trinajstić information content (AvgIpc) is 3.05. The van der Waals surface area contributed by atoms with E-state index < -0.39 is 16.9 Å². The molecule has 2 aromatic rings. The molecule has 1 unspecified atom stereocenters. The first-order valence-corrected chi connectivity index (χ1v) is 7.13. The van der Waals surface area contributed by atoms with Crippen LogP contribution in [0.25, 0.3) is 5.69 Å². The summed E-state index contributed by atoms with van der Waals surface area (Å²) in [6.07, 6.45) is 3.87. The minimum absolute atomic E-state index is 0.00764. The van der Waals surface area contributed by atoms with Crippen molar-refractivity contribution in [3.63, 3.8) is 0 Å². The van der Waals surface area contributed by atoms with Crippen LogP contribution in [0, 0.1) is 16.0 Å². The smallest absolute Gasteiger partial charge is 0.294 e. The van der Waals surface area contributed by atoms with Gasteiger partial charge in [-0.25, -0.2) is 4.98 Å². The normalized spacial score (nSPS) is 12.2. The minimum Gasteiger partial charge on any atom is -0.391 e. The summed E-state index contributed by atoms with van der Waals surface area (Å²) < 4.78 is 1.50. The first-order chi connectivity index (χ1) is 10.9. The number of nitro benzene ring substituents is 1. The number of aromatic nitrogens is 2. The Labute approximate surface area is 132 Å². The van der Waals surface area contributed by atoms with Gasteiger partial charge in [-0.15, -0.1) is 0 Å². The van der Waals surface area contributed by atoms with Crippen molar-refractivity contribution in [2.75, 3.05) is 6.54 Å². The van der Waals surface area contributed by atoms with Crippen LogP contribution >= 0.6 is 0 Å². The first-order valence-electron chi connectivity index (χ1n) is 7.13. The molecule has 0 saturated heterocycles. The Hall–Kier alpha value is -2.74. The Balaban J connectivity index is 2.22. The average molecular weight is 318 g/mol. The molecule has 0 bridgehead atoms. The lowest BCUT2D eigenvalue weighted by molar-refractivity contribution is -0.384. The molecule has 1 aromatic carbocycles. The van der Waals surface area contributed by atoms with Gasteiger partial charge in [0.15, 0.2) is 0 Å². The van der Waals surface area contributed by atoms with Crippen molar-refractivity contribution in [2.45, 2.75) is 20.0 Å². The highest BCUT2D eigenvalue weighted by Gasteiger charge is 2.19. The van der Waals surface area contributed by atoms with E-state index in [0.717, 1.165) is 0 Å². The molecule has 1 heterocycles. The van der Waals surface area contributed by atoms with Gasteiger partial charge in [0.1, 0.15) is 5.69 Å². The molecule has 8 nitrogen and oxygen atoms in total. The van der Waals surface area contributed by atoms with Crippen LogP contribution in [0.1, 0.15) is 24.2 Å². The predicted molar refractivity (Wildman–Crippen MR) is 83.4 cm³/mol. The monoisotopic (exact) mass is 318 g/mol. The van der Waals surface area contributed by atoms with E-state index >= 15 is 0 Å². The van der Waals surface area contributed by atoms with E-state index in [4.69, 9.17) is 0 Å². The fourth-order valence-electron chi connectivity index (χ4n) is 1.97. The molecule has 0 fully saturated rings. The van der Waals surface area contributed by atoms with Gasteiger partial charge in [0.25, 0.3) is 11.6 Å². The van der Waals surface area contributed by atoms with Crippen LogP contribution in [0.3, 0.4) is 0 Å². The molecule has 0 radical (unpaired) electrons. The number of imidazole rings is 1. The molecule has 2 rings (SSSR count). The molecule has 8 heteroatoms. The van der Waals surface area contributed by atoms with Crippen LogP contribution in [0.5, 0.6) is 0 Å². The highest BCUT2D eigenvalue weighted by atomic mass is 16.6. The number of aliphatic hydroxyl groups is 1. The summed E-state index contributed by atoms with van der Waals surface area (Å²) in [5.41, 5.74) is 0.294. The summed E-state index contributed by atoms with van der Waals surface area (Å²) in [5, 5.41) is 23.5. The van der Waals surface area contributed by atoms with Crippen molar-refractivity contribution in [1.82, 2.24) is 14.9 Å². The number of hydrogen-bond donors (Lipinski definition) is 2. The fourth-order valence-corrected chi connectivity index (χ4v) is 1.97. The topological polar surface area (TPSA) is 110 Å². The Kier molecular flexibility index (Phi) is 5.07. The Morgan fingerprint density at radius 1 is 1.48 bits per heavy atom. The van der Waals surface area contributed by atoms with Crippen molar-refractivity contribution in [1.29, 1.82) is 0 Å². The third kappa shape index (κ3) is 3.92. The van der Waals surface area contributed by atoms with Crippen molar-refractivity contribution in [3.05, 3.63) is 52.6 Å². The standard InChI is InChI=1S/C15H18N4O4/c1-10(2)14(20)8-17-15(21)11-3-4-12(13(7-11)19(22)23)18-6-5-16-9-18/h3-7,9-10,14,20H,8H2,1-2H3,(H,17,21). The molecule has 0 aliphatic carbocycles. The lowest BCUT2D eigenvalue weighted by Crippen LogP contribution is -2.34. The van der Waals surface area contributed by atoms with Crippen LogP contribution in [-0.2, 0) is 0 Å². The van der Waals surface area contributed by atoms with Gasteiger partial charge in [-0.3, -0.25) is 14.9 Å². The molecule has 122 valence electrons. The van der Waals surface area contributed by atoms with Crippen molar-refractivity contribution >= 4 is 11.6 Å². The van der Waals surface area contributed by atoms with Crippen LogP contribution in [0.15, 0.2) is 36.9 Å². The maximum absolute atomic E-state index is 12.1. The van der Waals surface area contributed by atoms with Gasteiger partial charge in [0, 0.05) is 30.6 Å². The van der Waals surface area contributed by atoms with Crippen LogP contribution in [0.4, 0.5) is 5.69 Å². The number of carbonyl (C=O) groups excluding carboxylic acids is 1. The predicted octanol–water partition coefficient (Wildman–Crippen LogP) is 1.53. The quantitative estimate of drug-likeness (QED) is 0.620. The van der Waals surface area contributed by atoms with Crippen molar-refractivity contribution in [3.8, 4) is 5.69 Å². The number of nitrogens with one attached hydrogen (secondary N) is 1. The molecule has 0 spiro atoms. The first kappa shape index (κ1) is 16.6. The zero-order valence-corrected chi connectivity index (χ0v) is 12.8. The van der Waals surface area contributed by atoms with E-state index in [-0.39, 0.29) is 23.7 Å². The van der Waals surface area contributed by atoms with E-state index in [2.05, 4.69) is 10.3 Å². The number of hydrogen-bond acceptors (Lipinski definition) is 5. The van der Waals surface area contributed by atoms with Crippen molar-refractivity contribution < 1.29 is 14.8 Å². The molecule has 23 heavy (non-hydrogen) atoms. The van der Waals surface area contributed by atoms with Crippen molar-refractivity contribution in [2.24, 2.45) is 5.92 Å². The Morgan fingerprint density at radius 2 is 2.22 bits per heavy atom. The third-order valence-electron chi connectivity index (χ3n) is 3.46. The molecule has 1 atom stereocenters. The molecule has 1 aromatic heterocycles. The van der Waals surface area contributed by atoms with E-state index in [1.54, 1.807) is 6.20 Å². The van der Waals surface area contributed by atoms with Crippen LogP contribution < -0.4 is 5.32 Å². The molecule has 0 aliphatic rings. The van der Waals surface area contributed by atoms with E-state index in [1.165, 1.54) is 35.3 Å². The summed E-state index contributed by atoms with van der Waals surface area (Å²) in [7, 11) is 0. The number of nitrogens with zero attached hydrogens (tertiary/aromatic N) is 3. The summed E-state index contributed by atoms with van der Waals surface area (Å²) in [6.45, 7) is 3.76. The van der Waals surface area contributed by atoms with E-state index in [0.29, 0.717) is 5.69 Å². The third-order valence-corrected chi connectivity index (χ3v) is 3.46. The van der Waals surface area contributed by atoms with Gasteiger partial charge in [0.2, 0.25) is 0 Å². The summed E-state index contributed by atoms with van der Waals surface area (Å²) in [5.74, 6) is -0.460. The lowest BCUT2D eigenvalue weighted by atomic mass is 10.1. The number of aliphatic hydroxyl groups excluding tert-OH is 1. The van der Waals surface area contributed by atoms with Crippen LogP contribution in [0.2, 0.25) is 0 Å². The molecule has 0 aliphatic heterocycles. The molecular formula is C15H18N4O4. The van der Waals surface area contributed by atoms with Gasteiger partial charge in [-0.2, -0.15) is 0 Å². The minimum atomic E-state index is -0.667. The second kappa shape index (κ2) is 7.01. The second-order valence-corrected chi connectivity index (χ2v) is 5.45. The molecule has 0 saturated carbocycles. The highest BCUT2D eigenvalue weighted by Crippen LogP contribution is 2.24. The number of nitro groups is 1. The van der Waals surface area contributed by atoms with Gasteiger partial charge in [0.05, 0.1) is 17.4 Å². The zero-order valence-electron chi connectivity index (χ0n) is 12.8. The molecular weight excluding hydrogens is 300 g/mol. The molecule has 1 amide bonds. The van der Waals surface area contributed by atoms with E-state index in [9.17, 15) is 20.0 Å². The van der Waals surface area contributed by atoms with Gasteiger partial charge in [-0.1, -0.05) is 13.8 Å². The molecule has 2 N–H and O–H groups in total. The Bertz CT molecular complexity index is 698. The number of amides is 1. The van der Waals surface area contributed by atoms with Gasteiger partial charge in [-0.05, 0) is 18.1 Å². The summed E-state index contributed by atoms with van der Waals surface area (Å²) in [6, 6.07) is 4.21. The summed E-state index contributed by atoms with van der Waals surface area (Å²) in [4.78, 5) is 26.6. The fraction of sp³-hybridized carbons (Fsp3) is 0.333. The Morgan fingerprint density at radius 3 is 2.78 bits per heavy atom. The zero-order chi connectivity index (χ0) is 17.0. The van der Waals surface area contributed by atoms with Crippen LogP contribution in [-0.4, -0.2) is 38.1 Å². The number of rotatable bonds is 6. The second-order valence-electron chi connectivity index (χ2n) is 5.45. The lowest BCUT2D eigenvalue weighted by Gasteiger charge is -2.15. The van der Waals surface area contributed by atoms with Gasteiger partial charge >= 0.3 is 0 Å². The maximum atomic E-state index is 12.1. The number of carbonyl (C=O) groups is 1. The SMILES string of the molecule is CC(C)C(O)CNC(=O)c1ccc(-n2ccnc2)c([N+](=O)[O-])c1. The van der Waals surface area contributed by atoms with E-state index in [1.807, 2.05) is 13.8 Å². The van der Waals surface area contributed by atoms with Gasteiger partial charge < -0.3 is 15.0 Å². The maximum Gasteiger partial charge on any atom is 0.294 e. The number of benzene rings is 1. The largest absolute Gasteiger partial charge is 0.391 e.